The number of hydrogen-bond acceptors (Lipinski definition) is 3. The van der Waals surface area contributed by atoms with Crippen molar-refractivity contribution in [3.8, 4) is 5.75 Å². The lowest BCUT2D eigenvalue weighted by atomic mass is 10.1. The zero-order valence-corrected chi connectivity index (χ0v) is 6.56. The van der Waals surface area contributed by atoms with Crippen LogP contribution in [0.2, 0.25) is 0 Å². The molecule has 12 heavy (non-hydrogen) atoms. The molecule has 0 aliphatic carbocycles. The van der Waals surface area contributed by atoms with Gasteiger partial charge in [-0.25, -0.2) is 0 Å². The molecule has 0 saturated carbocycles. The Labute approximate surface area is 70.6 Å². The summed E-state index contributed by atoms with van der Waals surface area (Å²) in [6.07, 6.45) is 1.12. The molecule has 0 bridgehead atoms. The van der Waals surface area contributed by atoms with Crippen molar-refractivity contribution in [3.63, 3.8) is 0 Å². The van der Waals surface area contributed by atoms with E-state index in [1.165, 1.54) is 0 Å². The van der Waals surface area contributed by atoms with Gasteiger partial charge in [-0.3, -0.25) is 0 Å². The summed E-state index contributed by atoms with van der Waals surface area (Å²) in [5.41, 5.74) is 0.793. The second-order valence-electron chi connectivity index (χ2n) is 2.25. The first-order valence-electron chi connectivity index (χ1n) is 3.63. The molecule has 0 radical (unpaired) electrons. The van der Waals surface area contributed by atoms with Crippen LogP contribution < -0.4 is 4.74 Å². The number of ether oxygens (including phenoxy) is 1. The van der Waals surface area contributed by atoms with Gasteiger partial charge < -0.3 is 14.6 Å². The summed E-state index contributed by atoms with van der Waals surface area (Å²) >= 11 is 0. The van der Waals surface area contributed by atoms with Crippen LogP contribution in [0.3, 0.4) is 0 Å². The number of carbonyl (C=O) groups is 1. The molecule has 1 aromatic rings. The van der Waals surface area contributed by atoms with Crippen molar-refractivity contribution in [2.45, 2.75) is 6.42 Å². The van der Waals surface area contributed by atoms with E-state index in [1.807, 2.05) is 6.07 Å². The lowest BCUT2D eigenvalue weighted by molar-refractivity contribution is -0.107. The Morgan fingerprint density at radius 2 is 2.17 bits per heavy atom. The van der Waals surface area contributed by atoms with Crippen LogP contribution in [-0.4, -0.2) is 18.2 Å². The zero-order chi connectivity index (χ0) is 8.81. The Kier molecular flexibility index (Phi) is 3.29. The second kappa shape index (κ2) is 4.51. The lowest BCUT2D eigenvalue weighted by Crippen LogP contribution is -1.98. The molecule has 64 valence electrons. The molecule has 1 rings (SSSR count). The molecule has 1 N–H and O–H groups in total. The Hall–Kier alpha value is -1.35. The fourth-order valence-electron chi connectivity index (χ4n) is 0.973. The van der Waals surface area contributed by atoms with Crippen molar-refractivity contribution in [1.29, 1.82) is 0 Å². The van der Waals surface area contributed by atoms with Gasteiger partial charge in [-0.2, -0.15) is 0 Å². The number of aliphatic hydroxyl groups is 1. The van der Waals surface area contributed by atoms with E-state index in [0.29, 0.717) is 12.2 Å². The Morgan fingerprint density at radius 1 is 1.42 bits per heavy atom. The fraction of sp³-hybridized carbons (Fsp3) is 0.222. The van der Waals surface area contributed by atoms with Crippen LogP contribution in [0.1, 0.15) is 5.56 Å². The SMILES string of the molecule is O=CCc1ccccc1OCO. The molecule has 3 nitrogen and oxygen atoms in total. The molecule has 3 heteroatoms. The molecular formula is C9H10O3. The monoisotopic (exact) mass is 166 g/mol. The van der Waals surface area contributed by atoms with Gasteiger partial charge in [0, 0.05) is 12.0 Å². The highest BCUT2D eigenvalue weighted by Crippen LogP contribution is 2.17. The summed E-state index contributed by atoms with van der Waals surface area (Å²) in [6, 6.07) is 7.12. The maximum atomic E-state index is 10.2. The highest BCUT2D eigenvalue weighted by atomic mass is 16.6. The first kappa shape index (κ1) is 8.74. The highest BCUT2D eigenvalue weighted by Gasteiger charge is 2.00. The molecule has 0 aliphatic heterocycles. The fourth-order valence-corrected chi connectivity index (χ4v) is 0.973. The molecule has 0 heterocycles. The number of hydrogen-bond donors (Lipinski definition) is 1. The van der Waals surface area contributed by atoms with Crippen LogP contribution in [0.15, 0.2) is 24.3 Å². The van der Waals surface area contributed by atoms with Gasteiger partial charge in [0.1, 0.15) is 12.0 Å². The molecule has 0 fully saturated rings. The largest absolute Gasteiger partial charge is 0.467 e. The van der Waals surface area contributed by atoms with E-state index < -0.39 is 0 Å². The summed E-state index contributed by atoms with van der Waals surface area (Å²) in [4.78, 5) is 10.2. The van der Waals surface area contributed by atoms with E-state index in [9.17, 15) is 4.79 Å². The summed E-state index contributed by atoms with van der Waals surface area (Å²) in [6.45, 7) is -0.365. The molecular weight excluding hydrogens is 156 g/mol. The summed E-state index contributed by atoms with van der Waals surface area (Å²) in [5, 5.41) is 8.50. The van der Waals surface area contributed by atoms with Gasteiger partial charge in [0.25, 0.3) is 0 Å². The van der Waals surface area contributed by atoms with Gasteiger partial charge in [-0.1, -0.05) is 18.2 Å². The average molecular weight is 166 g/mol. The predicted octanol–water partition coefficient (Wildman–Crippen LogP) is 0.757. The van der Waals surface area contributed by atoms with Gasteiger partial charge in [-0.05, 0) is 6.07 Å². The van der Waals surface area contributed by atoms with Gasteiger partial charge in [-0.15, -0.1) is 0 Å². The van der Waals surface area contributed by atoms with Crippen molar-refractivity contribution < 1.29 is 14.6 Å². The number of aldehydes is 1. The molecule has 0 saturated heterocycles. The van der Waals surface area contributed by atoms with Crippen LogP contribution in [0.5, 0.6) is 5.75 Å². The molecule has 0 atom stereocenters. The van der Waals surface area contributed by atoms with Crippen molar-refractivity contribution >= 4 is 6.29 Å². The van der Waals surface area contributed by atoms with Gasteiger partial charge >= 0.3 is 0 Å². The van der Waals surface area contributed by atoms with E-state index in [4.69, 9.17) is 9.84 Å². The summed E-state index contributed by atoms with van der Waals surface area (Å²) < 4.78 is 4.89. The van der Waals surface area contributed by atoms with Gasteiger partial charge in [0.2, 0.25) is 0 Å². The molecule has 0 aliphatic rings. The standard InChI is InChI=1S/C9H10O3/c10-6-5-8-3-1-2-4-9(8)12-7-11/h1-4,6,11H,5,7H2. The Bertz CT molecular complexity index is 258. The van der Waals surface area contributed by atoms with Crippen LogP contribution >= 0.6 is 0 Å². The maximum Gasteiger partial charge on any atom is 0.186 e. The Morgan fingerprint density at radius 3 is 2.83 bits per heavy atom. The van der Waals surface area contributed by atoms with E-state index in [-0.39, 0.29) is 6.79 Å². The predicted molar refractivity (Wildman–Crippen MR) is 43.9 cm³/mol. The third-order valence-electron chi connectivity index (χ3n) is 1.50. The first-order chi connectivity index (χ1) is 5.88. The van der Waals surface area contributed by atoms with E-state index in [2.05, 4.69) is 0 Å². The molecule has 0 aromatic heterocycles. The van der Waals surface area contributed by atoms with Gasteiger partial charge in [0.05, 0.1) is 0 Å². The first-order valence-corrected chi connectivity index (χ1v) is 3.63. The number of benzene rings is 1. The number of rotatable bonds is 4. The highest BCUT2D eigenvalue weighted by molar-refractivity contribution is 5.57. The van der Waals surface area contributed by atoms with E-state index in [0.717, 1.165) is 11.8 Å². The minimum Gasteiger partial charge on any atom is -0.467 e. The topological polar surface area (TPSA) is 46.5 Å². The number of para-hydroxylation sites is 1. The zero-order valence-electron chi connectivity index (χ0n) is 6.56. The quantitative estimate of drug-likeness (QED) is 0.530. The molecule has 0 unspecified atom stereocenters. The minimum absolute atomic E-state index is 0.316. The van der Waals surface area contributed by atoms with Crippen molar-refractivity contribution in [3.05, 3.63) is 29.8 Å². The Balaban J connectivity index is 2.83. The number of carbonyl (C=O) groups excluding carboxylic acids is 1. The van der Waals surface area contributed by atoms with E-state index >= 15 is 0 Å². The second-order valence-corrected chi connectivity index (χ2v) is 2.25. The van der Waals surface area contributed by atoms with Crippen molar-refractivity contribution in [2.75, 3.05) is 6.79 Å². The van der Waals surface area contributed by atoms with E-state index in [1.54, 1.807) is 18.2 Å². The van der Waals surface area contributed by atoms with Crippen LogP contribution in [-0.2, 0) is 11.2 Å². The van der Waals surface area contributed by atoms with Crippen LogP contribution in [0.4, 0.5) is 0 Å². The maximum absolute atomic E-state index is 10.2. The molecule has 0 amide bonds. The smallest absolute Gasteiger partial charge is 0.186 e. The normalized spacial score (nSPS) is 9.42. The number of aliphatic hydroxyl groups excluding tert-OH is 1. The van der Waals surface area contributed by atoms with Crippen LogP contribution in [0, 0.1) is 0 Å². The van der Waals surface area contributed by atoms with Crippen molar-refractivity contribution in [2.24, 2.45) is 0 Å². The minimum atomic E-state index is -0.365. The van der Waals surface area contributed by atoms with Gasteiger partial charge in [0.15, 0.2) is 6.79 Å². The molecule has 0 spiro atoms. The molecule has 1 aromatic carbocycles. The lowest BCUT2D eigenvalue weighted by Gasteiger charge is -2.05. The summed E-state index contributed by atoms with van der Waals surface area (Å²) in [5.74, 6) is 0.562. The average Bonchev–Trinajstić information content (AvgIpc) is 2.09. The van der Waals surface area contributed by atoms with Crippen molar-refractivity contribution in [1.82, 2.24) is 0 Å². The third-order valence-corrected chi connectivity index (χ3v) is 1.50. The van der Waals surface area contributed by atoms with Crippen LogP contribution in [0.25, 0.3) is 0 Å². The third kappa shape index (κ3) is 2.07. The summed E-state index contributed by atoms with van der Waals surface area (Å²) in [7, 11) is 0.